The van der Waals surface area contributed by atoms with Gasteiger partial charge in [-0.15, -0.1) is 0 Å². The smallest absolute Gasteiger partial charge is 0.167 e. The molecular formula is C14H13ClN2O2. The molecule has 0 unspecified atom stereocenters. The highest BCUT2D eigenvalue weighted by molar-refractivity contribution is 6.29. The molecule has 1 heterocycles. The molecule has 0 amide bonds. The van der Waals surface area contributed by atoms with E-state index in [1.165, 1.54) is 6.92 Å². The maximum atomic E-state index is 11.1. The van der Waals surface area contributed by atoms with Gasteiger partial charge in [-0.2, -0.15) is 0 Å². The number of nitrogens with zero attached hydrogens (tertiary/aromatic N) is 2. The minimum atomic E-state index is 0.0281. The van der Waals surface area contributed by atoms with Gasteiger partial charge in [0.1, 0.15) is 17.5 Å². The van der Waals surface area contributed by atoms with Crippen molar-refractivity contribution in [2.24, 2.45) is 0 Å². The molecular weight excluding hydrogens is 264 g/mol. The highest BCUT2D eigenvalue weighted by atomic mass is 35.5. The van der Waals surface area contributed by atoms with E-state index in [-0.39, 0.29) is 12.4 Å². The zero-order valence-electron chi connectivity index (χ0n) is 10.7. The van der Waals surface area contributed by atoms with Crippen LogP contribution in [0.25, 0.3) is 0 Å². The van der Waals surface area contributed by atoms with Gasteiger partial charge in [-0.3, -0.25) is 4.79 Å². The third kappa shape index (κ3) is 3.76. The summed E-state index contributed by atoms with van der Waals surface area (Å²) in [6, 6.07) is 8.62. The summed E-state index contributed by atoms with van der Waals surface area (Å²) in [6.07, 6.45) is 0. The van der Waals surface area contributed by atoms with Gasteiger partial charge in [0.25, 0.3) is 0 Å². The van der Waals surface area contributed by atoms with E-state index in [4.69, 9.17) is 16.3 Å². The number of halogens is 1. The zero-order valence-corrected chi connectivity index (χ0v) is 11.4. The van der Waals surface area contributed by atoms with Gasteiger partial charge in [-0.25, -0.2) is 9.97 Å². The van der Waals surface area contributed by atoms with Crippen molar-refractivity contribution < 1.29 is 9.53 Å². The van der Waals surface area contributed by atoms with Crippen LogP contribution in [0.3, 0.4) is 0 Å². The van der Waals surface area contributed by atoms with Crippen molar-refractivity contribution in [3.63, 3.8) is 0 Å². The molecule has 0 radical (unpaired) electrons. The summed E-state index contributed by atoms with van der Waals surface area (Å²) in [6.45, 7) is 3.61. The van der Waals surface area contributed by atoms with E-state index in [2.05, 4.69) is 9.97 Å². The van der Waals surface area contributed by atoms with E-state index in [1.54, 1.807) is 30.3 Å². The van der Waals surface area contributed by atoms with E-state index in [1.807, 2.05) is 6.92 Å². The molecule has 19 heavy (non-hydrogen) atoms. The molecule has 98 valence electrons. The molecule has 1 aromatic heterocycles. The third-order valence-corrected chi connectivity index (χ3v) is 2.69. The fourth-order valence-corrected chi connectivity index (χ4v) is 1.84. The second-order valence-corrected chi connectivity index (χ2v) is 4.50. The van der Waals surface area contributed by atoms with Gasteiger partial charge in [-0.1, -0.05) is 11.6 Å². The maximum Gasteiger partial charge on any atom is 0.167 e. The van der Waals surface area contributed by atoms with Crippen LogP contribution in [0.15, 0.2) is 30.3 Å². The monoisotopic (exact) mass is 276 g/mol. The molecule has 5 heteroatoms. The first-order chi connectivity index (χ1) is 9.04. The number of aromatic nitrogens is 2. The summed E-state index contributed by atoms with van der Waals surface area (Å²) in [5.41, 5.74) is 1.45. The van der Waals surface area contributed by atoms with Crippen LogP contribution in [0.4, 0.5) is 0 Å². The van der Waals surface area contributed by atoms with Gasteiger partial charge in [0.2, 0.25) is 0 Å². The van der Waals surface area contributed by atoms with Gasteiger partial charge >= 0.3 is 0 Å². The Bertz CT molecular complexity index is 577. The number of hydrogen-bond acceptors (Lipinski definition) is 4. The summed E-state index contributed by atoms with van der Waals surface area (Å²) in [5, 5.41) is 0.401. The number of ketones is 1. The van der Waals surface area contributed by atoms with Crippen LogP contribution in [0.2, 0.25) is 5.15 Å². The van der Waals surface area contributed by atoms with Gasteiger partial charge in [0.15, 0.2) is 11.6 Å². The molecule has 0 saturated carbocycles. The quantitative estimate of drug-likeness (QED) is 0.635. The van der Waals surface area contributed by atoms with Crippen LogP contribution in [0.5, 0.6) is 5.75 Å². The van der Waals surface area contributed by atoms with Crippen molar-refractivity contribution in [2.75, 3.05) is 0 Å². The van der Waals surface area contributed by atoms with Gasteiger partial charge in [-0.05, 0) is 44.2 Å². The maximum absolute atomic E-state index is 11.1. The first-order valence-electron chi connectivity index (χ1n) is 5.78. The average Bonchev–Trinajstić information content (AvgIpc) is 2.36. The van der Waals surface area contributed by atoms with Crippen LogP contribution in [-0.4, -0.2) is 15.8 Å². The number of benzene rings is 1. The van der Waals surface area contributed by atoms with Gasteiger partial charge in [0.05, 0.1) is 0 Å². The van der Waals surface area contributed by atoms with E-state index < -0.39 is 0 Å². The minimum Gasteiger partial charge on any atom is -0.486 e. The average molecular weight is 277 g/mol. The summed E-state index contributed by atoms with van der Waals surface area (Å²) in [5.74, 6) is 1.22. The van der Waals surface area contributed by atoms with Gasteiger partial charge < -0.3 is 4.74 Å². The Morgan fingerprint density at radius 1 is 1.26 bits per heavy atom. The number of carbonyl (C=O) groups is 1. The Labute approximate surface area is 116 Å². The number of carbonyl (C=O) groups excluding carboxylic acids is 1. The minimum absolute atomic E-state index is 0.0281. The lowest BCUT2D eigenvalue weighted by atomic mass is 10.1. The number of Topliss-reactive ketones (excluding diaryl/α,β-unsaturated/α-hetero) is 1. The molecule has 0 aliphatic rings. The summed E-state index contributed by atoms with van der Waals surface area (Å²) >= 11 is 5.84. The van der Waals surface area contributed by atoms with E-state index in [0.29, 0.717) is 22.3 Å². The Balaban J connectivity index is 2.03. The largest absolute Gasteiger partial charge is 0.486 e. The van der Waals surface area contributed by atoms with Crippen LogP contribution in [-0.2, 0) is 6.61 Å². The van der Waals surface area contributed by atoms with Crippen LogP contribution < -0.4 is 4.74 Å². The first-order valence-corrected chi connectivity index (χ1v) is 6.16. The summed E-state index contributed by atoms with van der Waals surface area (Å²) < 4.78 is 5.54. The lowest BCUT2D eigenvalue weighted by Gasteiger charge is -2.06. The van der Waals surface area contributed by atoms with Gasteiger partial charge in [0, 0.05) is 11.3 Å². The molecule has 4 nitrogen and oxygen atoms in total. The van der Waals surface area contributed by atoms with Crippen molar-refractivity contribution in [2.45, 2.75) is 20.5 Å². The molecule has 0 saturated heterocycles. The van der Waals surface area contributed by atoms with Crippen LogP contribution in [0.1, 0.15) is 28.8 Å². The highest BCUT2D eigenvalue weighted by Crippen LogP contribution is 2.14. The number of aryl methyl sites for hydroxylation is 1. The summed E-state index contributed by atoms with van der Waals surface area (Å²) in [4.78, 5) is 19.4. The Morgan fingerprint density at radius 3 is 2.53 bits per heavy atom. The first kappa shape index (κ1) is 13.5. The predicted octanol–water partition coefficient (Wildman–Crippen LogP) is 3.22. The molecule has 0 N–H and O–H groups in total. The molecule has 2 aromatic rings. The molecule has 0 atom stereocenters. The molecule has 0 aliphatic heterocycles. The van der Waals surface area contributed by atoms with E-state index in [0.717, 1.165) is 5.69 Å². The van der Waals surface area contributed by atoms with E-state index in [9.17, 15) is 4.79 Å². The second-order valence-electron chi connectivity index (χ2n) is 4.12. The van der Waals surface area contributed by atoms with Crippen molar-refractivity contribution in [3.8, 4) is 5.75 Å². The SMILES string of the molecule is CC(=O)c1ccc(OCc2nc(C)cc(Cl)n2)cc1. The second kappa shape index (κ2) is 5.80. The Kier molecular flexibility index (Phi) is 4.12. The fourth-order valence-electron chi connectivity index (χ4n) is 1.59. The van der Waals surface area contributed by atoms with Crippen molar-refractivity contribution in [3.05, 3.63) is 52.6 Å². The van der Waals surface area contributed by atoms with Crippen molar-refractivity contribution >= 4 is 17.4 Å². The molecule has 0 bridgehead atoms. The van der Waals surface area contributed by atoms with Crippen molar-refractivity contribution in [1.29, 1.82) is 0 Å². The Morgan fingerprint density at radius 2 is 1.95 bits per heavy atom. The van der Waals surface area contributed by atoms with Crippen molar-refractivity contribution in [1.82, 2.24) is 9.97 Å². The number of ether oxygens (including phenoxy) is 1. The number of hydrogen-bond donors (Lipinski definition) is 0. The van der Waals surface area contributed by atoms with Crippen LogP contribution >= 0.6 is 11.6 Å². The fraction of sp³-hybridized carbons (Fsp3) is 0.214. The number of rotatable bonds is 4. The topological polar surface area (TPSA) is 52.1 Å². The third-order valence-electron chi connectivity index (χ3n) is 2.50. The molecule has 1 aromatic carbocycles. The molecule has 0 spiro atoms. The predicted molar refractivity (Wildman–Crippen MR) is 72.6 cm³/mol. The van der Waals surface area contributed by atoms with Crippen LogP contribution in [0, 0.1) is 6.92 Å². The Hall–Kier alpha value is -1.94. The van der Waals surface area contributed by atoms with E-state index >= 15 is 0 Å². The lowest BCUT2D eigenvalue weighted by Crippen LogP contribution is -2.03. The lowest BCUT2D eigenvalue weighted by molar-refractivity contribution is 0.101. The normalized spacial score (nSPS) is 10.3. The molecule has 0 aliphatic carbocycles. The molecule has 0 fully saturated rings. The molecule has 2 rings (SSSR count). The highest BCUT2D eigenvalue weighted by Gasteiger charge is 2.03. The standard InChI is InChI=1S/C14H13ClN2O2/c1-9-7-13(15)17-14(16-9)8-19-12-5-3-11(4-6-12)10(2)18/h3-7H,8H2,1-2H3. The zero-order chi connectivity index (χ0) is 13.8. The summed E-state index contributed by atoms with van der Waals surface area (Å²) in [7, 11) is 0.